The monoisotopic (exact) mass is 248 g/mol. The van der Waals surface area contributed by atoms with E-state index in [1.54, 1.807) is 0 Å². The van der Waals surface area contributed by atoms with E-state index in [0.29, 0.717) is 6.54 Å². The first-order chi connectivity index (χ1) is 8.79. The van der Waals surface area contributed by atoms with Gasteiger partial charge in [-0.3, -0.25) is 0 Å². The molecule has 0 radical (unpaired) electrons. The van der Waals surface area contributed by atoms with Crippen LogP contribution in [0.5, 0.6) is 5.75 Å². The summed E-state index contributed by atoms with van der Waals surface area (Å²) in [6, 6.07) is 8.02. The number of nitrogens with zero attached hydrogens (tertiary/aromatic N) is 1. The molecule has 1 heterocycles. The fourth-order valence-electron chi connectivity index (χ4n) is 2.51. The van der Waals surface area contributed by atoms with Gasteiger partial charge in [-0.05, 0) is 31.4 Å². The van der Waals surface area contributed by atoms with E-state index in [2.05, 4.69) is 11.8 Å². The minimum atomic E-state index is 0.541. The molecule has 1 atom stereocenters. The van der Waals surface area contributed by atoms with E-state index >= 15 is 0 Å². The highest BCUT2D eigenvalue weighted by molar-refractivity contribution is 5.32. The van der Waals surface area contributed by atoms with Gasteiger partial charge in [-0.1, -0.05) is 25.1 Å². The van der Waals surface area contributed by atoms with Crippen LogP contribution in [0.4, 0.5) is 0 Å². The Morgan fingerprint density at radius 2 is 2.22 bits per heavy atom. The number of rotatable bonds is 6. The van der Waals surface area contributed by atoms with Gasteiger partial charge in [0.25, 0.3) is 0 Å². The summed E-state index contributed by atoms with van der Waals surface area (Å²) in [5.74, 6) is 1.80. The first-order valence-electron chi connectivity index (χ1n) is 6.92. The molecule has 18 heavy (non-hydrogen) atoms. The third-order valence-corrected chi connectivity index (χ3v) is 3.58. The topological polar surface area (TPSA) is 38.5 Å². The van der Waals surface area contributed by atoms with Crippen LogP contribution in [0, 0.1) is 5.92 Å². The SMILES string of the molecule is CC1CCN(CCCOc2ccccc2CN)C1. The lowest BCUT2D eigenvalue weighted by atomic mass is 10.2. The highest BCUT2D eigenvalue weighted by Crippen LogP contribution is 2.18. The molecule has 0 aliphatic carbocycles. The first-order valence-corrected chi connectivity index (χ1v) is 6.92. The van der Waals surface area contributed by atoms with Crippen molar-refractivity contribution in [2.45, 2.75) is 26.3 Å². The molecule has 1 aromatic carbocycles. The fraction of sp³-hybridized carbons (Fsp3) is 0.600. The summed E-state index contributed by atoms with van der Waals surface area (Å²) in [5, 5.41) is 0. The van der Waals surface area contributed by atoms with Gasteiger partial charge < -0.3 is 15.4 Å². The van der Waals surface area contributed by atoms with E-state index in [9.17, 15) is 0 Å². The van der Waals surface area contributed by atoms with Crippen LogP contribution in [0.1, 0.15) is 25.3 Å². The van der Waals surface area contributed by atoms with Crippen LogP contribution in [0.15, 0.2) is 24.3 Å². The minimum Gasteiger partial charge on any atom is -0.493 e. The van der Waals surface area contributed by atoms with Crippen molar-refractivity contribution in [1.82, 2.24) is 4.90 Å². The molecule has 3 nitrogen and oxygen atoms in total. The molecule has 100 valence electrons. The summed E-state index contributed by atoms with van der Waals surface area (Å²) in [7, 11) is 0. The Labute approximate surface area is 110 Å². The molecular weight excluding hydrogens is 224 g/mol. The predicted octanol–water partition coefficient (Wildman–Crippen LogP) is 2.26. The standard InChI is InChI=1S/C15H24N2O/c1-13-7-9-17(12-13)8-4-10-18-15-6-3-2-5-14(15)11-16/h2-3,5-6,13H,4,7-12,16H2,1H3. The zero-order valence-electron chi connectivity index (χ0n) is 11.3. The van der Waals surface area contributed by atoms with Crippen LogP contribution in [0.2, 0.25) is 0 Å². The van der Waals surface area contributed by atoms with E-state index in [0.717, 1.165) is 36.8 Å². The van der Waals surface area contributed by atoms with Gasteiger partial charge in [-0.15, -0.1) is 0 Å². The van der Waals surface area contributed by atoms with Crippen molar-refractivity contribution in [2.24, 2.45) is 11.7 Å². The van der Waals surface area contributed by atoms with Crippen LogP contribution in [0.25, 0.3) is 0 Å². The smallest absolute Gasteiger partial charge is 0.123 e. The summed E-state index contributed by atoms with van der Waals surface area (Å²) in [6.45, 7) is 7.30. The van der Waals surface area contributed by atoms with E-state index < -0.39 is 0 Å². The minimum absolute atomic E-state index is 0.541. The molecule has 1 aliphatic rings. The highest BCUT2D eigenvalue weighted by Gasteiger charge is 2.17. The lowest BCUT2D eigenvalue weighted by Gasteiger charge is -2.15. The van der Waals surface area contributed by atoms with Crippen molar-refractivity contribution in [3.8, 4) is 5.75 Å². The third-order valence-electron chi connectivity index (χ3n) is 3.58. The van der Waals surface area contributed by atoms with Crippen molar-refractivity contribution < 1.29 is 4.74 Å². The third kappa shape index (κ3) is 3.72. The second-order valence-electron chi connectivity index (χ2n) is 5.21. The number of nitrogens with two attached hydrogens (primary N) is 1. The quantitative estimate of drug-likeness (QED) is 0.785. The second-order valence-corrected chi connectivity index (χ2v) is 5.21. The molecule has 1 aliphatic heterocycles. The molecule has 2 rings (SSSR count). The number of hydrogen-bond acceptors (Lipinski definition) is 3. The summed E-state index contributed by atoms with van der Waals surface area (Å²) in [6.07, 6.45) is 2.43. The Morgan fingerprint density at radius 1 is 1.39 bits per heavy atom. The Balaban J connectivity index is 1.69. The number of para-hydroxylation sites is 1. The summed E-state index contributed by atoms with van der Waals surface area (Å²) >= 11 is 0. The average Bonchev–Trinajstić information content (AvgIpc) is 2.81. The second kappa shape index (κ2) is 6.76. The molecule has 0 amide bonds. The maximum Gasteiger partial charge on any atom is 0.123 e. The van der Waals surface area contributed by atoms with Gasteiger partial charge in [0.15, 0.2) is 0 Å². The van der Waals surface area contributed by atoms with Crippen molar-refractivity contribution in [3.63, 3.8) is 0 Å². The fourth-order valence-corrected chi connectivity index (χ4v) is 2.51. The van der Waals surface area contributed by atoms with Gasteiger partial charge in [-0.25, -0.2) is 0 Å². The van der Waals surface area contributed by atoms with Crippen LogP contribution in [-0.4, -0.2) is 31.1 Å². The average molecular weight is 248 g/mol. The van der Waals surface area contributed by atoms with Crippen molar-refractivity contribution in [2.75, 3.05) is 26.2 Å². The van der Waals surface area contributed by atoms with Crippen molar-refractivity contribution >= 4 is 0 Å². The molecule has 0 aromatic heterocycles. The van der Waals surface area contributed by atoms with E-state index in [1.807, 2.05) is 24.3 Å². The van der Waals surface area contributed by atoms with Gasteiger partial charge in [0.05, 0.1) is 6.61 Å². The summed E-state index contributed by atoms with van der Waals surface area (Å²) < 4.78 is 5.81. The van der Waals surface area contributed by atoms with Crippen LogP contribution < -0.4 is 10.5 Å². The Kier molecular flexibility index (Phi) is 5.02. The molecule has 1 aromatic rings. The largest absolute Gasteiger partial charge is 0.493 e. The summed E-state index contributed by atoms with van der Waals surface area (Å²) in [4.78, 5) is 2.53. The van der Waals surface area contributed by atoms with Crippen LogP contribution in [-0.2, 0) is 6.54 Å². The number of likely N-dealkylation sites (tertiary alicyclic amines) is 1. The van der Waals surface area contributed by atoms with Gasteiger partial charge in [-0.2, -0.15) is 0 Å². The lowest BCUT2D eigenvalue weighted by molar-refractivity contribution is 0.258. The highest BCUT2D eigenvalue weighted by atomic mass is 16.5. The van der Waals surface area contributed by atoms with Gasteiger partial charge in [0.1, 0.15) is 5.75 Å². The molecule has 1 unspecified atom stereocenters. The number of ether oxygens (including phenoxy) is 1. The van der Waals surface area contributed by atoms with E-state index in [4.69, 9.17) is 10.5 Å². The maximum absolute atomic E-state index is 5.81. The van der Waals surface area contributed by atoms with Gasteiger partial charge in [0, 0.05) is 25.2 Å². The molecule has 1 fully saturated rings. The van der Waals surface area contributed by atoms with Crippen LogP contribution in [0.3, 0.4) is 0 Å². The molecule has 0 spiro atoms. The Bertz CT molecular complexity index is 367. The molecule has 1 saturated heterocycles. The van der Waals surface area contributed by atoms with Crippen LogP contribution >= 0.6 is 0 Å². The molecular formula is C15H24N2O. The number of benzene rings is 1. The summed E-state index contributed by atoms with van der Waals surface area (Å²) in [5.41, 5.74) is 6.77. The first kappa shape index (κ1) is 13.4. The lowest BCUT2D eigenvalue weighted by Crippen LogP contribution is -2.23. The number of hydrogen-bond donors (Lipinski definition) is 1. The molecule has 0 bridgehead atoms. The molecule has 3 heteroatoms. The Morgan fingerprint density at radius 3 is 2.94 bits per heavy atom. The zero-order valence-corrected chi connectivity index (χ0v) is 11.3. The zero-order chi connectivity index (χ0) is 12.8. The van der Waals surface area contributed by atoms with E-state index in [1.165, 1.54) is 19.5 Å². The molecule has 2 N–H and O–H groups in total. The van der Waals surface area contributed by atoms with Gasteiger partial charge >= 0.3 is 0 Å². The maximum atomic E-state index is 5.81. The predicted molar refractivity (Wildman–Crippen MR) is 74.7 cm³/mol. The van der Waals surface area contributed by atoms with Crippen molar-refractivity contribution in [3.05, 3.63) is 29.8 Å². The normalized spacial score (nSPS) is 20.2. The van der Waals surface area contributed by atoms with Crippen molar-refractivity contribution in [1.29, 1.82) is 0 Å². The Hall–Kier alpha value is -1.06. The van der Waals surface area contributed by atoms with Gasteiger partial charge in [0.2, 0.25) is 0 Å². The molecule has 0 saturated carbocycles. The van der Waals surface area contributed by atoms with E-state index in [-0.39, 0.29) is 0 Å².